The molecule has 0 aliphatic rings. The van der Waals surface area contributed by atoms with Crippen LogP contribution in [0.4, 0.5) is 0 Å². The van der Waals surface area contributed by atoms with Gasteiger partial charge in [-0.15, -0.1) is 0 Å². The van der Waals surface area contributed by atoms with Crippen LogP contribution >= 0.6 is 0 Å². The van der Waals surface area contributed by atoms with Gasteiger partial charge in [0.2, 0.25) is 0 Å². The maximum atomic E-state index is 8.22. The molecule has 0 saturated carbocycles. The first-order chi connectivity index (χ1) is 3.81. The van der Waals surface area contributed by atoms with Crippen molar-refractivity contribution in [1.29, 1.82) is 0 Å². The molecule has 0 radical (unpaired) electrons. The van der Waals surface area contributed by atoms with Gasteiger partial charge in [0, 0.05) is 15.6 Å². The fourth-order valence-corrected chi connectivity index (χ4v) is 0.0962. The van der Waals surface area contributed by atoms with Gasteiger partial charge < -0.3 is 14.3 Å². The Bertz CT molecular complexity index is 38.2. The first kappa shape index (κ1) is 11.7. The molecule has 0 atom stereocenters. The van der Waals surface area contributed by atoms with E-state index in [1.54, 1.807) is 0 Å². The second-order valence-electron chi connectivity index (χ2n) is 0.778. The molecule has 8 heavy (non-hydrogen) atoms. The van der Waals surface area contributed by atoms with E-state index in [1.807, 2.05) is 0 Å². The topological polar surface area (TPSA) is 38.7 Å². The standard InChI is InChI=1S/C2H7BO3.CH3.Na.H2/c1-5-3(4)6-2;;;/h4H,1-2H3;1H3;;1H. The van der Waals surface area contributed by atoms with E-state index in [1.165, 1.54) is 42.2 Å². The molecule has 0 rings (SSSR count). The van der Waals surface area contributed by atoms with Gasteiger partial charge in [0.05, 0.1) is 0 Å². The van der Waals surface area contributed by atoms with Gasteiger partial charge in [-0.2, -0.15) is 0 Å². The van der Waals surface area contributed by atoms with E-state index < -0.39 is 7.32 Å². The van der Waals surface area contributed by atoms with Gasteiger partial charge in [-0.1, -0.05) is 0 Å². The Hall–Kier alpha value is 0.945. The van der Waals surface area contributed by atoms with Crippen LogP contribution in [-0.4, -0.2) is 54.5 Å². The first-order valence-electron chi connectivity index (χ1n) is 2.55. The van der Waals surface area contributed by atoms with E-state index in [0.717, 1.165) is 0 Å². The number of rotatable bonds is 2. The fraction of sp³-hybridized carbons (Fsp3) is 1.00. The van der Waals surface area contributed by atoms with Gasteiger partial charge in [0.1, 0.15) is 0 Å². The van der Waals surface area contributed by atoms with Crippen LogP contribution in [0.5, 0.6) is 0 Å². The zero-order valence-corrected chi connectivity index (χ0v) is 7.84. The summed E-state index contributed by atoms with van der Waals surface area (Å²) in [5, 5.41) is 8.22. The Balaban J connectivity index is -0.000000109. The Morgan fingerprint density at radius 1 is 1.38 bits per heavy atom. The third kappa shape index (κ3) is 10.0. The zero-order chi connectivity index (χ0) is 6.99. The van der Waals surface area contributed by atoms with Crippen molar-refractivity contribution in [3.63, 3.8) is 0 Å². The molecule has 0 fully saturated rings. The smallest absolute Gasteiger partial charge is 0 e. The van der Waals surface area contributed by atoms with Crippen molar-refractivity contribution < 1.29 is 15.8 Å². The third-order valence-electron chi connectivity index (χ3n) is 0.403. The average Bonchev–Trinajstić information content (AvgIpc) is 1.91. The molecule has 46 valence electrons. The molecule has 0 aliphatic heterocycles. The molecule has 0 bridgehead atoms. The Labute approximate surface area is 69.4 Å². The molecule has 5 heteroatoms. The fourth-order valence-electron chi connectivity index (χ4n) is 0.0962. The maximum Gasteiger partial charge on any atom is 0 e. The summed E-state index contributed by atoms with van der Waals surface area (Å²) in [7, 11) is 1.65. The Kier molecular flexibility index (Phi) is 15.9. The number of hydrogen-bond acceptors (Lipinski definition) is 3. The van der Waals surface area contributed by atoms with Crippen molar-refractivity contribution in [3.8, 4) is 0 Å². The molecule has 0 aliphatic carbocycles. The quantitative estimate of drug-likeness (QED) is 0.521. The normalized spacial score (nSPS) is 7.25. The summed E-state index contributed by atoms with van der Waals surface area (Å²) < 4.78 is 10.6. The summed E-state index contributed by atoms with van der Waals surface area (Å²) >= 11 is 1.31. The van der Waals surface area contributed by atoms with Gasteiger partial charge in [-0.3, -0.25) is 0 Å². The summed E-state index contributed by atoms with van der Waals surface area (Å²) in [5.74, 6) is 0. The van der Waals surface area contributed by atoms with Crippen molar-refractivity contribution in [2.24, 2.45) is 0 Å². The SMILES string of the molecule is COB(O)OC.[CH3][Na].[HH]. The van der Waals surface area contributed by atoms with Crippen LogP contribution in [0.3, 0.4) is 0 Å². The molecule has 1 N–H and O–H groups in total. The minimum Gasteiger partial charge on any atom is 0 e. The molecule has 0 saturated heterocycles. The van der Waals surface area contributed by atoms with E-state index >= 15 is 0 Å². The molecule has 3 nitrogen and oxygen atoms in total. The van der Waals surface area contributed by atoms with E-state index in [0.29, 0.717) is 0 Å². The Morgan fingerprint density at radius 3 is 1.62 bits per heavy atom. The molecular weight excluding hydrogens is 118 g/mol. The average molecular weight is 130 g/mol. The van der Waals surface area contributed by atoms with Crippen LogP contribution < -0.4 is 0 Å². The van der Waals surface area contributed by atoms with Crippen molar-refractivity contribution in [3.05, 3.63) is 0 Å². The molecular formula is C3H12BNaO3. The molecule has 0 heterocycles. The van der Waals surface area contributed by atoms with E-state index in [9.17, 15) is 0 Å². The van der Waals surface area contributed by atoms with Crippen LogP contribution in [0.15, 0.2) is 0 Å². The van der Waals surface area contributed by atoms with E-state index in [-0.39, 0.29) is 1.43 Å². The van der Waals surface area contributed by atoms with E-state index in [2.05, 4.69) is 13.5 Å². The van der Waals surface area contributed by atoms with Gasteiger partial charge >= 0.3 is 39.4 Å². The van der Waals surface area contributed by atoms with Crippen molar-refractivity contribution >= 4 is 35.3 Å². The van der Waals surface area contributed by atoms with Crippen molar-refractivity contribution in [2.75, 3.05) is 14.2 Å². The summed E-state index contributed by atoms with van der Waals surface area (Å²) in [6, 6.07) is 0. The maximum absolute atomic E-state index is 8.22. The zero-order valence-electron chi connectivity index (χ0n) is 5.84. The van der Waals surface area contributed by atoms with Crippen LogP contribution in [-0.2, 0) is 9.31 Å². The Morgan fingerprint density at radius 2 is 1.62 bits per heavy atom. The van der Waals surface area contributed by atoms with Gasteiger partial charge in [-0.25, -0.2) is 0 Å². The third-order valence-corrected chi connectivity index (χ3v) is 0.403. The van der Waals surface area contributed by atoms with Gasteiger partial charge in [0.25, 0.3) is 0 Å². The number of hydrogen-bond donors (Lipinski definition) is 1. The van der Waals surface area contributed by atoms with Crippen LogP contribution in [0.2, 0.25) is 4.17 Å². The molecule has 0 unspecified atom stereocenters. The minimum absolute atomic E-state index is 0. The van der Waals surface area contributed by atoms with Crippen LogP contribution in [0, 0.1) is 0 Å². The minimum atomic E-state index is -1.06. The molecule has 0 aromatic carbocycles. The predicted molar refractivity (Wildman–Crippen MR) is 35.7 cm³/mol. The summed E-state index contributed by atoms with van der Waals surface area (Å²) in [4.78, 5) is 0. The first-order valence-corrected chi connectivity index (χ1v) is 4.55. The second kappa shape index (κ2) is 10.8. The van der Waals surface area contributed by atoms with Gasteiger partial charge in [0.15, 0.2) is 0 Å². The van der Waals surface area contributed by atoms with Crippen molar-refractivity contribution in [1.82, 2.24) is 0 Å². The summed E-state index contributed by atoms with van der Waals surface area (Å²) in [6.45, 7) is 0. The van der Waals surface area contributed by atoms with Crippen LogP contribution in [0.25, 0.3) is 0 Å². The molecule has 0 aromatic rings. The summed E-state index contributed by atoms with van der Waals surface area (Å²) in [6.07, 6.45) is 0. The van der Waals surface area contributed by atoms with Crippen LogP contribution in [0.1, 0.15) is 1.43 Å². The van der Waals surface area contributed by atoms with Gasteiger partial charge in [-0.05, 0) is 0 Å². The summed E-state index contributed by atoms with van der Waals surface area (Å²) in [5.41, 5.74) is 0. The van der Waals surface area contributed by atoms with E-state index in [4.69, 9.17) is 5.02 Å². The molecule has 0 amide bonds. The second-order valence-corrected chi connectivity index (χ2v) is 0.778. The predicted octanol–water partition coefficient (Wildman–Crippen LogP) is -0.295. The monoisotopic (exact) mass is 130 g/mol. The van der Waals surface area contributed by atoms with Crippen molar-refractivity contribution in [2.45, 2.75) is 4.17 Å². The molecule has 0 aromatic heterocycles. The largest absolute Gasteiger partial charge is 0 e. The molecule has 0 spiro atoms.